The van der Waals surface area contributed by atoms with E-state index >= 15 is 0 Å². The summed E-state index contributed by atoms with van der Waals surface area (Å²) >= 11 is 3.69. The van der Waals surface area contributed by atoms with Gasteiger partial charge in [0.05, 0.1) is 8.49 Å². The molecule has 0 aromatic heterocycles. The number of benzene rings is 1. The summed E-state index contributed by atoms with van der Waals surface area (Å²) in [6.45, 7) is 2.13. The molecule has 2 atom stereocenters. The van der Waals surface area contributed by atoms with Crippen LogP contribution in [0.25, 0.3) is 0 Å². The molecule has 1 N–H and O–H groups in total. The second kappa shape index (κ2) is 6.93. The monoisotopic (exact) mass is 410 g/mol. The highest BCUT2D eigenvalue weighted by Crippen LogP contribution is 2.35. The van der Waals surface area contributed by atoms with Crippen LogP contribution in [0.3, 0.4) is 0 Å². The number of rotatable bonds is 5. The van der Waals surface area contributed by atoms with Crippen molar-refractivity contribution in [1.29, 1.82) is 0 Å². The van der Waals surface area contributed by atoms with E-state index < -0.39 is 10.7 Å². The lowest BCUT2D eigenvalue weighted by Gasteiger charge is -2.15. The molecule has 1 aliphatic carbocycles. The maximum absolute atomic E-state index is 13.6. The molecule has 2 unspecified atom stereocenters. The van der Waals surface area contributed by atoms with Crippen molar-refractivity contribution < 1.29 is 9.31 Å². The van der Waals surface area contributed by atoms with E-state index in [9.17, 15) is 14.5 Å². The van der Waals surface area contributed by atoms with Gasteiger partial charge in [0.15, 0.2) is 0 Å². The van der Waals surface area contributed by atoms with Gasteiger partial charge in [0.2, 0.25) is 0 Å². The minimum Gasteiger partial charge on any atom is -0.377 e. The van der Waals surface area contributed by atoms with Gasteiger partial charge >= 0.3 is 0 Å². The Morgan fingerprint density at radius 3 is 2.95 bits per heavy atom. The van der Waals surface area contributed by atoms with E-state index in [4.69, 9.17) is 0 Å². The highest BCUT2D eigenvalue weighted by atomic mass is 127. The van der Waals surface area contributed by atoms with Crippen LogP contribution in [0.4, 0.5) is 15.8 Å². The molecule has 0 saturated heterocycles. The first-order chi connectivity index (χ1) is 9.51. The summed E-state index contributed by atoms with van der Waals surface area (Å²) in [5.41, 5.74) is 0.238. The Morgan fingerprint density at radius 2 is 2.30 bits per heavy atom. The molecule has 1 aromatic carbocycles. The summed E-state index contributed by atoms with van der Waals surface area (Å²) in [5.74, 6) is 0.659. The molecule has 1 fully saturated rings. The summed E-state index contributed by atoms with van der Waals surface area (Å²) < 4.78 is 13.9. The van der Waals surface area contributed by atoms with E-state index in [-0.39, 0.29) is 15.3 Å². The molecule has 0 aliphatic heterocycles. The fraction of sp³-hybridized carbons (Fsp3) is 0.538. The van der Waals surface area contributed by atoms with Crippen LogP contribution in [0.15, 0.2) is 12.1 Å². The van der Waals surface area contributed by atoms with Gasteiger partial charge in [0.1, 0.15) is 11.5 Å². The van der Waals surface area contributed by atoms with Crippen LogP contribution in [-0.4, -0.2) is 22.0 Å². The number of thioether (sulfide) groups is 1. The van der Waals surface area contributed by atoms with E-state index in [0.717, 1.165) is 25.0 Å². The van der Waals surface area contributed by atoms with Crippen LogP contribution in [0.5, 0.6) is 0 Å². The van der Waals surface area contributed by atoms with E-state index in [2.05, 4.69) is 12.2 Å². The summed E-state index contributed by atoms with van der Waals surface area (Å²) in [6.07, 6.45) is 3.06. The molecule has 7 heteroatoms. The molecule has 1 aliphatic rings. The van der Waals surface area contributed by atoms with Crippen molar-refractivity contribution in [2.24, 2.45) is 0 Å². The van der Waals surface area contributed by atoms with Gasteiger partial charge in [-0.2, -0.15) is 11.8 Å². The van der Waals surface area contributed by atoms with Crippen LogP contribution in [-0.2, 0) is 0 Å². The average Bonchev–Trinajstić information content (AvgIpc) is 2.81. The number of nitro groups is 1. The van der Waals surface area contributed by atoms with Crippen molar-refractivity contribution in [3.63, 3.8) is 0 Å². The second-order valence-corrected chi connectivity index (χ2v) is 7.51. The first-order valence-corrected chi connectivity index (χ1v) is 8.65. The van der Waals surface area contributed by atoms with Crippen LogP contribution in [0.1, 0.15) is 26.2 Å². The Bertz CT molecular complexity index is 515. The van der Waals surface area contributed by atoms with Gasteiger partial charge in [0.25, 0.3) is 5.69 Å². The molecule has 4 nitrogen and oxygen atoms in total. The van der Waals surface area contributed by atoms with Crippen molar-refractivity contribution in [2.75, 3.05) is 11.1 Å². The Morgan fingerprint density at radius 1 is 1.55 bits per heavy atom. The van der Waals surface area contributed by atoms with Gasteiger partial charge in [-0.3, -0.25) is 10.1 Å². The Labute approximate surface area is 135 Å². The highest BCUT2D eigenvalue weighted by molar-refractivity contribution is 14.1. The molecule has 20 heavy (non-hydrogen) atoms. The van der Waals surface area contributed by atoms with E-state index in [1.54, 1.807) is 22.6 Å². The van der Waals surface area contributed by atoms with Crippen LogP contribution in [0, 0.1) is 19.5 Å². The van der Waals surface area contributed by atoms with Crippen molar-refractivity contribution in [3.8, 4) is 0 Å². The average molecular weight is 410 g/mol. The Hall–Kier alpha value is -0.570. The minimum absolute atomic E-state index is 0.0533. The number of nitro benzene ring substituents is 1. The number of anilines is 1. The third-order valence-electron chi connectivity index (χ3n) is 3.38. The van der Waals surface area contributed by atoms with Gasteiger partial charge in [-0.05, 0) is 47.6 Å². The lowest BCUT2D eigenvalue weighted by Crippen LogP contribution is -2.17. The molecular weight excluding hydrogens is 394 g/mol. The smallest absolute Gasteiger partial charge is 0.293 e. The largest absolute Gasteiger partial charge is 0.377 e. The molecule has 0 heterocycles. The zero-order valence-corrected chi connectivity index (χ0v) is 14.0. The van der Waals surface area contributed by atoms with Crippen molar-refractivity contribution in [1.82, 2.24) is 0 Å². The van der Waals surface area contributed by atoms with E-state index in [0.29, 0.717) is 10.9 Å². The summed E-state index contributed by atoms with van der Waals surface area (Å²) in [7, 11) is 0. The lowest BCUT2D eigenvalue weighted by atomic mass is 10.2. The van der Waals surface area contributed by atoms with Gasteiger partial charge < -0.3 is 5.32 Å². The molecule has 0 radical (unpaired) electrons. The first kappa shape index (κ1) is 15.8. The van der Waals surface area contributed by atoms with Crippen molar-refractivity contribution in [3.05, 3.63) is 31.6 Å². The zero-order chi connectivity index (χ0) is 14.7. The van der Waals surface area contributed by atoms with Crippen LogP contribution < -0.4 is 5.32 Å². The molecule has 0 amide bonds. The fourth-order valence-electron chi connectivity index (χ4n) is 2.48. The minimum atomic E-state index is -0.461. The van der Waals surface area contributed by atoms with Gasteiger partial charge in [0, 0.05) is 23.4 Å². The topological polar surface area (TPSA) is 55.2 Å². The highest BCUT2D eigenvalue weighted by Gasteiger charge is 2.27. The molecule has 110 valence electrons. The summed E-state index contributed by atoms with van der Waals surface area (Å²) in [5, 5.41) is 14.8. The zero-order valence-electron chi connectivity index (χ0n) is 11.1. The predicted octanol–water partition coefficient (Wildman–Crippen LogP) is 4.42. The first-order valence-electron chi connectivity index (χ1n) is 6.52. The molecule has 2 rings (SSSR count). The quantitative estimate of drug-likeness (QED) is 0.444. The number of nitrogens with one attached hydrogen (secondary N) is 1. The molecule has 1 saturated carbocycles. The standard InChI is InChI=1S/C13H16FIN2O2S/c1-2-20-9-4-3-8(5-9)16-12-6-10(14)11(15)7-13(12)17(18)19/h6-9,16H,2-5H2,1H3. The van der Waals surface area contributed by atoms with Crippen molar-refractivity contribution >= 4 is 45.7 Å². The third-order valence-corrected chi connectivity index (χ3v) is 5.44. The number of halogens is 2. The maximum atomic E-state index is 13.6. The number of hydrogen-bond donors (Lipinski definition) is 1. The fourth-order valence-corrected chi connectivity index (χ4v) is 4.07. The van der Waals surface area contributed by atoms with Crippen molar-refractivity contribution in [2.45, 2.75) is 37.5 Å². The Kier molecular flexibility index (Phi) is 5.48. The van der Waals surface area contributed by atoms with Gasteiger partial charge in [-0.1, -0.05) is 6.92 Å². The predicted molar refractivity (Wildman–Crippen MR) is 89.0 cm³/mol. The molecule has 0 bridgehead atoms. The van der Waals surface area contributed by atoms with Gasteiger partial charge in [-0.15, -0.1) is 0 Å². The maximum Gasteiger partial charge on any atom is 0.293 e. The number of nitrogens with zero attached hydrogens (tertiary/aromatic N) is 1. The normalized spacial score (nSPS) is 21.9. The SMILES string of the molecule is CCSC1CCC(Nc2cc(F)c(I)cc2[N+](=O)[O-])C1. The van der Waals surface area contributed by atoms with Crippen LogP contribution in [0.2, 0.25) is 0 Å². The third kappa shape index (κ3) is 3.75. The molecule has 0 spiro atoms. The van der Waals surface area contributed by atoms with E-state index in [1.807, 2.05) is 11.8 Å². The lowest BCUT2D eigenvalue weighted by molar-refractivity contribution is -0.384. The Balaban J connectivity index is 2.13. The summed E-state index contributed by atoms with van der Waals surface area (Å²) in [6, 6.07) is 2.71. The van der Waals surface area contributed by atoms with Crippen LogP contribution >= 0.6 is 34.4 Å². The van der Waals surface area contributed by atoms with E-state index in [1.165, 1.54) is 12.1 Å². The van der Waals surface area contributed by atoms with Gasteiger partial charge in [-0.25, -0.2) is 4.39 Å². The molecular formula is C13H16FIN2O2S. The summed E-state index contributed by atoms with van der Waals surface area (Å²) in [4.78, 5) is 10.6. The number of hydrogen-bond acceptors (Lipinski definition) is 4. The molecule has 1 aromatic rings. The second-order valence-electron chi connectivity index (χ2n) is 4.77.